The van der Waals surface area contributed by atoms with Gasteiger partial charge in [-0.25, -0.2) is 0 Å². The van der Waals surface area contributed by atoms with Crippen LogP contribution in [0.1, 0.15) is 45.1 Å². The van der Waals surface area contributed by atoms with E-state index >= 15 is 0 Å². The molecule has 0 bridgehead atoms. The predicted octanol–water partition coefficient (Wildman–Crippen LogP) is 5.49. The number of imidazole rings is 1. The van der Waals surface area contributed by atoms with Gasteiger partial charge in [0, 0.05) is 6.04 Å². The molecule has 0 amide bonds. The quantitative estimate of drug-likeness (QED) is 0.544. The van der Waals surface area contributed by atoms with Crippen molar-refractivity contribution in [3.8, 4) is 0 Å². The Morgan fingerprint density at radius 2 is 2.11 bits per heavy atom. The normalized spacial score (nSPS) is 24.5. The number of aromatic nitrogens is 2. The fraction of sp³-hybridized carbons (Fsp3) is 0.533. The highest BCUT2D eigenvalue weighted by molar-refractivity contribution is 7.71. The molecule has 102 valence electrons. The van der Waals surface area contributed by atoms with Crippen LogP contribution in [0, 0.1) is 10.7 Å². The fourth-order valence-corrected chi connectivity index (χ4v) is 3.83. The summed E-state index contributed by atoms with van der Waals surface area (Å²) in [5, 5.41) is 0.794. The molecule has 1 aliphatic carbocycles. The second-order valence-corrected chi connectivity index (χ2v) is 6.50. The monoisotopic (exact) mass is 294 g/mol. The summed E-state index contributed by atoms with van der Waals surface area (Å²) in [6, 6.07) is 6.45. The number of rotatable bonds is 1. The number of nitrogens with one attached hydrogen (secondary N) is 1. The first-order chi connectivity index (χ1) is 9.16. The number of nitrogens with zero attached hydrogens (tertiary/aromatic N) is 1. The third-order valence-electron chi connectivity index (χ3n) is 4.28. The molecule has 1 heterocycles. The minimum Gasteiger partial charge on any atom is -0.331 e. The lowest BCUT2D eigenvalue weighted by Gasteiger charge is -2.17. The number of para-hydroxylation sites is 1. The highest BCUT2D eigenvalue weighted by Crippen LogP contribution is 2.34. The first-order valence-electron chi connectivity index (χ1n) is 7.05. The van der Waals surface area contributed by atoms with E-state index in [1.165, 1.54) is 32.1 Å². The van der Waals surface area contributed by atoms with Crippen LogP contribution in [-0.2, 0) is 0 Å². The molecule has 1 saturated carbocycles. The van der Waals surface area contributed by atoms with Gasteiger partial charge in [0.25, 0.3) is 0 Å². The van der Waals surface area contributed by atoms with Gasteiger partial charge in [0.2, 0.25) is 0 Å². The Morgan fingerprint density at radius 1 is 1.26 bits per heavy atom. The molecule has 19 heavy (non-hydrogen) atoms. The molecule has 2 nitrogen and oxygen atoms in total. The first kappa shape index (κ1) is 13.2. The van der Waals surface area contributed by atoms with Crippen LogP contribution in [0.4, 0.5) is 0 Å². The molecule has 1 N–H and O–H groups in total. The third kappa shape index (κ3) is 2.46. The molecular weight excluding hydrogens is 276 g/mol. The topological polar surface area (TPSA) is 20.7 Å². The maximum absolute atomic E-state index is 6.38. The summed E-state index contributed by atoms with van der Waals surface area (Å²) in [5.41, 5.74) is 2.13. The third-order valence-corrected chi connectivity index (χ3v) is 4.88. The van der Waals surface area contributed by atoms with E-state index in [0.717, 1.165) is 26.7 Å². The van der Waals surface area contributed by atoms with Crippen LogP contribution in [0.25, 0.3) is 11.0 Å². The van der Waals surface area contributed by atoms with E-state index in [0.29, 0.717) is 6.04 Å². The van der Waals surface area contributed by atoms with Crippen molar-refractivity contribution in [1.29, 1.82) is 0 Å². The lowest BCUT2D eigenvalue weighted by molar-refractivity contribution is 0.438. The zero-order chi connectivity index (χ0) is 13.4. The minimum absolute atomic E-state index is 0.492. The SMILES string of the molecule is CC1CCCC(n2c(=S)[nH]c3cccc(Cl)c32)CC1. The van der Waals surface area contributed by atoms with Gasteiger partial charge in [0.05, 0.1) is 16.1 Å². The Morgan fingerprint density at radius 3 is 2.95 bits per heavy atom. The molecule has 0 aliphatic heterocycles. The Balaban J connectivity index is 2.09. The van der Waals surface area contributed by atoms with E-state index in [4.69, 9.17) is 23.8 Å². The molecule has 0 radical (unpaired) electrons. The zero-order valence-electron chi connectivity index (χ0n) is 11.2. The number of H-pyrrole nitrogens is 1. The number of hydrogen-bond acceptors (Lipinski definition) is 1. The second-order valence-electron chi connectivity index (χ2n) is 5.70. The second kappa shape index (κ2) is 5.29. The Bertz CT molecular complexity index is 643. The van der Waals surface area contributed by atoms with Gasteiger partial charge in [0.15, 0.2) is 4.77 Å². The number of fused-ring (bicyclic) bond motifs is 1. The number of halogens is 1. The first-order valence-corrected chi connectivity index (χ1v) is 7.84. The zero-order valence-corrected chi connectivity index (χ0v) is 12.7. The van der Waals surface area contributed by atoms with Crippen molar-refractivity contribution in [3.05, 3.63) is 28.0 Å². The van der Waals surface area contributed by atoms with Gasteiger partial charge in [0.1, 0.15) is 0 Å². The molecule has 1 aromatic carbocycles. The van der Waals surface area contributed by atoms with Crippen molar-refractivity contribution in [2.75, 3.05) is 0 Å². The molecule has 1 aliphatic rings. The summed E-state index contributed by atoms with van der Waals surface area (Å²) in [5.74, 6) is 0.833. The standard InChI is InChI=1S/C15H19ClN2S/c1-10-4-2-5-11(9-8-10)18-14-12(16)6-3-7-13(14)17-15(18)19/h3,6-7,10-11H,2,4-5,8-9H2,1H3,(H,17,19). The van der Waals surface area contributed by atoms with Crippen molar-refractivity contribution in [3.63, 3.8) is 0 Å². The minimum atomic E-state index is 0.492. The smallest absolute Gasteiger partial charge is 0.178 e. The van der Waals surface area contributed by atoms with Gasteiger partial charge in [-0.15, -0.1) is 0 Å². The van der Waals surface area contributed by atoms with E-state index in [1.54, 1.807) is 0 Å². The van der Waals surface area contributed by atoms with E-state index in [-0.39, 0.29) is 0 Å². The average Bonchev–Trinajstić information content (AvgIpc) is 2.56. The molecule has 1 aromatic heterocycles. The molecule has 2 unspecified atom stereocenters. The van der Waals surface area contributed by atoms with Gasteiger partial charge in [-0.05, 0) is 49.5 Å². The van der Waals surface area contributed by atoms with Crippen LogP contribution < -0.4 is 0 Å². The van der Waals surface area contributed by atoms with E-state index in [2.05, 4.69) is 16.5 Å². The van der Waals surface area contributed by atoms with Crippen molar-refractivity contribution >= 4 is 34.9 Å². The summed E-state index contributed by atoms with van der Waals surface area (Å²) < 4.78 is 3.06. The van der Waals surface area contributed by atoms with E-state index in [1.807, 2.05) is 18.2 Å². The number of aromatic amines is 1. The van der Waals surface area contributed by atoms with Crippen LogP contribution in [0.3, 0.4) is 0 Å². The number of hydrogen-bond donors (Lipinski definition) is 1. The van der Waals surface area contributed by atoms with Crippen molar-refractivity contribution in [2.24, 2.45) is 5.92 Å². The maximum atomic E-state index is 6.38. The molecule has 2 aromatic rings. The largest absolute Gasteiger partial charge is 0.331 e. The lowest BCUT2D eigenvalue weighted by atomic mass is 10.0. The average molecular weight is 295 g/mol. The van der Waals surface area contributed by atoms with Gasteiger partial charge in [-0.2, -0.15) is 0 Å². The molecule has 3 rings (SSSR count). The van der Waals surface area contributed by atoms with Crippen LogP contribution >= 0.6 is 23.8 Å². The molecule has 1 fully saturated rings. The Kier molecular flexibility index (Phi) is 3.68. The summed E-state index contributed by atoms with van der Waals surface area (Å²) in [7, 11) is 0. The predicted molar refractivity (Wildman–Crippen MR) is 83.4 cm³/mol. The van der Waals surface area contributed by atoms with Crippen LogP contribution in [-0.4, -0.2) is 9.55 Å². The lowest BCUT2D eigenvalue weighted by Crippen LogP contribution is -2.08. The summed E-state index contributed by atoms with van der Waals surface area (Å²) >= 11 is 11.9. The van der Waals surface area contributed by atoms with Gasteiger partial charge >= 0.3 is 0 Å². The summed E-state index contributed by atoms with van der Waals surface area (Å²) in [6.07, 6.45) is 6.30. The van der Waals surface area contributed by atoms with Crippen molar-refractivity contribution in [2.45, 2.75) is 45.1 Å². The van der Waals surface area contributed by atoms with Crippen LogP contribution in [0.15, 0.2) is 18.2 Å². The van der Waals surface area contributed by atoms with E-state index < -0.39 is 0 Å². The maximum Gasteiger partial charge on any atom is 0.178 e. The Labute approximate surface area is 123 Å². The molecule has 0 saturated heterocycles. The molecule has 4 heteroatoms. The van der Waals surface area contributed by atoms with Crippen LogP contribution in [0.2, 0.25) is 5.02 Å². The van der Waals surface area contributed by atoms with E-state index in [9.17, 15) is 0 Å². The highest BCUT2D eigenvalue weighted by Gasteiger charge is 2.21. The van der Waals surface area contributed by atoms with Gasteiger partial charge < -0.3 is 9.55 Å². The van der Waals surface area contributed by atoms with Crippen LogP contribution in [0.5, 0.6) is 0 Å². The highest BCUT2D eigenvalue weighted by atomic mass is 35.5. The van der Waals surface area contributed by atoms with Crippen molar-refractivity contribution < 1.29 is 0 Å². The number of benzene rings is 1. The van der Waals surface area contributed by atoms with Gasteiger partial charge in [-0.1, -0.05) is 37.4 Å². The van der Waals surface area contributed by atoms with Gasteiger partial charge in [-0.3, -0.25) is 0 Å². The molecular formula is C15H19ClN2S. The summed E-state index contributed by atoms with van der Waals surface area (Å²) in [6.45, 7) is 2.35. The molecule has 0 spiro atoms. The molecule has 2 atom stereocenters. The van der Waals surface area contributed by atoms with Crippen molar-refractivity contribution in [1.82, 2.24) is 9.55 Å². The fourth-order valence-electron chi connectivity index (χ4n) is 3.21. The summed E-state index contributed by atoms with van der Waals surface area (Å²) in [4.78, 5) is 3.29. The Hall–Kier alpha value is -0.800.